The normalized spacial score (nSPS) is 17.1. The summed E-state index contributed by atoms with van der Waals surface area (Å²) in [6, 6.07) is 1.87. The second kappa shape index (κ2) is 5.61. The number of hydrogen-bond acceptors (Lipinski definition) is 3. The third-order valence-corrected chi connectivity index (χ3v) is 2.54. The van der Waals surface area contributed by atoms with E-state index in [0.717, 1.165) is 12.5 Å². The number of amides is 1. The van der Waals surface area contributed by atoms with Crippen molar-refractivity contribution >= 4 is 5.91 Å². The summed E-state index contributed by atoms with van der Waals surface area (Å²) in [6.45, 7) is 3.51. The minimum absolute atomic E-state index is 0.0959. The Morgan fingerprint density at radius 3 is 2.93 bits per heavy atom. The van der Waals surface area contributed by atoms with Crippen LogP contribution in [-0.4, -0.2) is 25.5 Å². The molecular weight excluding hydrogens is 178 g/mol. The van der Waals surface area contributed by atoms with Crippen LogP contribution in [0.3, 0.4) is 0 Å². The molecule has 0 aromatic carbocycles. The summed E-state index contributed by atoms with van der Waals surface area (Å²) < 4.78 is 0. The molecule has 0 aromatic rings. The van der Waals surface area contributed by atoms with Gasteiger partial charge in [0.25, 0.3) is 0 Å². The lowest BCUT2D eigenvalue weighted by molar-refractivity contribution is -0.120. The molecule has 0 aliphatic heterocycles. The molecule has 1 atom stereocenters. The van der Waals surface area contributed by atoms with E-state index in [4.69, 9.17) is 5.26 Å². The van der Waals surface area contributed by atoms with E-state index in [1.165, 1.54) is 12.8 Å². The molecule has 2 N–H and O–H groups in total. The minimum Gasteiger partial charge on any atom is -0.342 e. The number of nitriles is 1. The molecule has 78 valence electrons. The Bertz CT molecular complexity index is 230. The van der Waals surface area contributed by atoms with E-state index >= 15 is 0 Å². The number of rotatable bonds is 6. The van der Waals surface area contributed by atoms with Gasteiger partial charge >= 0.3 is 0 Å². The van der Waals surface area contributed by atoms with Crippen LogP contribution in [0.5, 0.6) is 0 Å². The summed E-state index contributed by atoms with van der Waals surface area (Å²) in [5.41, 5.74) is 0. The first kappa shape index (κ1) is 11.0. The first-order chi connectivity index (χ1) is 6.74. The predicted molar refractivity (Wildman–Crippen MR) is 53.4 cm³/mol. The summed E-state index contributed by atoms with van der Waals surface area (Å²) in [4.78, 5) is 11.0. The maximum atomic E-state index is 11.0. The van der Waals surface area contributed by atoms with Crippen molar-refractivity contribution in [3.8, 4) is 6.07 Å². The van der Waals surface area contributed by atoms with Gasteiger partial charge in [-0.15, -0.1) is 0 Å². The molecule has 4 nitrogen and oxygen atoms in total. The van der Waals surface area contributed by atoms with Crippen LogP contribution in [0.1, 0.15) is 19.8 Å². The highest BCUT2D eigenvalue weighted by Crippen LogP contribution is 2.35. The minimum atomic E-state index is -0.102. The maximum absolute atomic E-state index is 11.0. The molecule has 1 saturated carbocycles. The lowest BCUT2D eigenvalue weighted by Crippen LogP contribution is -2.36. The molecule has 0 spiro atoms. The molecule has 1 rings (SSSR count). The number of nitrogens with one attached hydrogen (secondary N) is 2. The van der Waals surface area contributed by atoms with Crippen molar-refractivity contribution in [1.29, 1.82) is 5.26 Å². The molecule has 1 fully saturated rings. The summed E-state index contributed by atoms with van der Waals surface area (Å²) in [7, 11) is 0. The van der Waals surface area contributed by atoms with Crippen molar-refractivity contribution in [3.63, 3.8) is 0 Å². The Kier molecular flexibility index (Phi) is 4.41. The predicted octanol–water partition coefficient (Wildman–Crippen LogP) is 0.262. The van der Waals surface area contributed by atoms with Crippen LogP contribution < -0.4 is 10.6 Å². The third kappa shape index (κ3) is 4.24. The van der Waals surface area contributed by atoms with Gasteiger partial charge in [-0.25, -0.2) is 0 Å². The first-order valence-corrected chi connectivity index (χ1v) is 5.08. The van der Waals surface area contributed by atoms with Crippen LogP contribution in [0.25, 0.3) is 0 Å². The van der Waals surface area contributed by atoms with E-state index in [1.54, 1.807) is 0 Å². The van der Waals surface area contributed by atoms with E-state index in [2.05, 4.69) is 17.6 Å². The van der Waals surface area contributed by atoms with Crippen LogP contribution in [0.4, 0.5) is 0 Å². The molecule has 0 bridgehead atoms. The van der Waals surface area contributed by atoms with Crippen molar-refractivity contribution in [2.24, 2.45) is 11.8 Å². The quantitative estimate of drug-likeness (QED) is 0.598. The average Bonchev–Trinajstić information content (AvgIpc) is 2.97. The van der Waals surface area contributed by atoms with E-state index in [9.17, 15) is 4.79 Å². The second-order valence-electron chi connectivity index (χ2n) is 3.88. The fraction of sp³-hybridized carbons (Fsp3) is 0.800. The first-order valence-electron chi connectivity index (χ1n) is 5.08. The lowest BCUT2D eigenvalue weighted by atomic mass is 10.1. The van der Waals surface area contributed by atoms with Crippen LogP contribution in [0, 0.1) is 23.2 Å². The van der Waals surface area contributed by atoms with Gasteiger partial charge in [0.15, 0.2) is 0 Å². The molecule has 0 saturated heterocycles. The zero-order valence-corrected chi connectivity index (χ0v) is 8.55. The van der Waals surface area contributed by atoms with Crippen molar-refractivity contribution in [1.82, 2.24) is 10.6 Å². The topological polar surface area (TPSA) is 64.9 Å². The Morgan fingerprint density at radius 1 is 1.64 bits per heavy atom. The monoisotopic (exact) mass is 195 g/mol. The molecular formula is C10H17N3O. The van der Waals surface area contributed by atoms with Gasteiger partial charge in [0, 0.05) is 0 Å². The number of carbonyl (C=O) groups is 1. The Hall–Kier alpha value is -1.08. The van der Waals surface area contributed by atoms with Gasteiger partial charge in [0.1, 0.15) is 6.54 Å². The maximum Gasteiger partial charge on any atom is 0.234 e. The molecule has 0 heterocycles. The molecule has 4 heteroatoms. The van der Waals surface area contributed by atoms with Crippen molar-refractivity contribution in [3.05, 3.63) is 0 Å². The van der Waals surface area contributed by atoms with Gasteiger partial charge in [0.05, 0.1) is 12.6 Å². The Morgan fingerprint density at radius 2 is 2.36 bits per heavy atom. The third-order valence-electron chi connectivity index (χ3n) is 2.54. The van der Waals surface area contributed by atoms with Gasteiger partial charge < -0.3 is 10.6 Å². The van der Waals surface area contributed by atoms with Gasteiger partial charge in [-0.1, -0.05) is 6.92 Å². The number of carbonyl (C=O) groups excluding carboxylic acids is 1. The lowest BCUT2D eigenvalue weighted by Gasteiger charge is -2.10. The summed E-state index contributed by atoms with van der Waals surface area (Å²) in [5, 5.41) is 13.8. The van der Waals surface area contributed by atoms with Crippen molar-refractivity contribution in [2.75, 3.05) is 19.6 Å². The van der Waals surface area contributed by atoms with Crippen molar-refractivity contribution in [2.45, 2.75) is 19.8 Å². The highest BCUT2D eigenvalue weighted by atomic mass is 16.1. The van der Waals surface area contributed by atoms with E-state index < -0.39 is 0 Å². The van der Waals surface area contributed by atoms with Gasteiger partial charge in [-0.3, -0.25) is 4.79 Å². The summed E-state index contributed by atoms with van der Waals surface area (Å²) in [6.07, 6.45) is 2.67. The second-order valence-corrected chi connectivity index (χ2v) is 3.88. The van der Waals surface area contributed by atoms with E-state index in [1.807, 2.05) is 6.07 Å². The van der Waals surface area contributed by atoms with Gasteiger partial charge in [0.2, 0.25) is 5.91 Å². The largest absolute Gasteiger partial charge is 0.342 e. The molecule has 1 amide bonds. The van der Waals surface area contributed by atoms with Crippen LogP contribution in [0.15, 0.2) is 0 Å². The van der Waals surface area contributed by atoms with Crippen LogP contribution in [-0.2, 0) is 4.79 Å². The molecule has 1 unspecified atom stereocenters. The number of hydrogen-bond donors (Lipinski definition) is 2. The fourth-order valence-electron chi connectivity index (χ4n) is 1.45. The Balaban J connectivity index is 1.97. The Labute approximate surface area is 84.7 Å². The van der Waals surface area contributed by atoms with Gasteiger partial charge in [-0.2, -0.15) is 5.26 Å². The summed E-state index contributed by atoms with van der Waals surface area (Å²) >= 11 is 0. The smallest absolute Gasteiger partial charge is 0.234 e. The zero-order chi connectivity index (χ0) is 10.4. The molecule has 1 aliphatic rings. The van der Waals surface area contributed by atoms with E-state index in [0.29, 0.717) is 12.5 Å². The molecule has 0 aromatic heterocycles. The van der Waals surface area contributed by atoms with Crippen LogP contribution >= 0.6 is 0 Å². The summed E-state index contributed by atoms with van der Waals surface area (Å²) in [5.74, 6) is 1.43. The molecule has 1 aliphatic carbocycles. The molecule has 14 heavy (non-hydrogen) atoms. The van der Waals surface area contributed by atoms with Crippen molar-refractivity contribution < 1.29 is 4.79 Å². The SMILES string of the molecule is CC(CNCC(=O)NCC#N)C1CC1. The average molecular weight is 195 g/mol. The van der Waals surface area contributed by atoms with Crippen LogP contribution in [0.2, 0.25) is 0 Å². The highest BCUT2D eigenvalue weighted by Gasteiger charge is 2.27. The van der Waals surface area contributed by atoms with E-state index in [-0.39, 0.29) is 12.5 Å². The highest BCUT2D eigenvalue weighted by molar-refractivity contribution is 5.78. The standard InChI is InChI=1S/C10H17N3O/c1-8(9-2-3-9)6-12-7-10(14)13-5-4-11/h8-9,12H,2-3,5-7H2,1H3,(H,13,14). The fourth-order valence-corrected chi connectivity index (χ4v) is 1.45. The zero-order valence-electron chi connectivity index (χ0n) is 8.55. The molecule has 0 radical (unpaired) electrons. The van der Waals surface area contributed by atoms with Gasteiger partial charge in [-0.05, 0) is 31.2 Å². The number of nitrogens with zero attached hydrogens (tertiary/aromatic N) is 1.